The number of aromatic nitrogens is 4. The van der Waals surface area contributed by atoms with E-state index in [0.717, 1.165) is 0 Å². The van der Waals surface area contributed by atoms with Crippen molar-refractivity contribution in [1.82, 2.24) is 19.5 Å². The van der Waals surface area contributed by atoms with E-state index in [4.69, 9.17) is 30.5 Å². The Labute approximate surface area is 180 Å². The third kappa shape index (κ3) is 6.10. The van der Waals surface area contributed by atoms with Crippen LogP contribution in [0.25, 0.3) is 11.2 Å². The second-order valence-corrected chi connectivity index (χ2v) is 11.1. The molecule has 0 saturated carbocycles. The molecule has 0 radical (unpaired) electrons. The largest absolute Gasteiger partial charge is 0.490 e. The van der Waals surface area contributed by atoms with E-state index in [1.54, 1.807) is 4.57 Å². The summed E-state index contributed by atoms with van der Waals surface area (Å²) in [4.78, 5) is 48.1. The van der Waals surface area contributed by atoms with Crippen LogP contribution in [0.15, 0.2) is 6.33 Å². The molecule has 17 nitrogen and oxygen atoms in total. The molecule has 20 heteroatoms. The van der Waals surface area contributed by atoms with Crippen molar-refractivity contribution >= 4 is 46.4 Å². The number of ether oxygens (including phenoxy) is 1. The monoisotopic (exact) mass is 518 g/mol. The van der Waals surface area contributed by atoms with Gasteiger partial charge < -0.3 is 35.8 Å². The molecule has 2 aromatic rings. The van der Waals surface area contributed by atoms with Gasteiger partial charge in [0.15, 0.2) is 11.5 Å². The number of fused-ring (bicyclic) bond motifs is 1. The molecule has 1 fully saturated rings. The molecular formula is C12H21N6O11P3. The topological polar surface area (TPSA) is 265 Å². The molecule has 0 aromatic carbocycles. The highest BCUT2D eigenvalue weighted by atomic mass is 31.3. The summed E-state index contributed by atoms with van der Waals surface area (Å²) in [7, 11) is -16.3. The molecule has 180 valence electrons. The summed E-state index contributed by atoms with van der Waals surface area (Å²) in [6, 6.07) is 0. The molecule has 3 heterocycles. The maximum atomic E-state index is 12.0. The smallest absolute Gasteiger partial charge is 0.382 e. The third-order valence-corrected chi connectivity index (χ3v) is 8.28. The first kappa shape index (κ1) is 25.1. The Hall–Kier alpha value is -1.48. The number of nitrogens with zero attached hydrogens (tertiary/aromatic N) is 4. The molecule has 0 aliphatic carbocycles. The first-order valence-corrected chi connectivity index (χ1v) is 13.4. The number of nitrogens with two attached hydrogens (primary N) is 2. The van der Waals surface area contributed by atoms with Crippen LogP contribution in [0.5, 0.6) is 0 Å². The zero-order valence-corrected chi connectivity index (χ0v) is 19.0. The zero-order valence-electron chi connectivity index (χ0n) is 16.4. The van der Waals surface area contributed by atoms with Crippen LogP contribution in [0.1, 0.15) is 26.0 Å². The minimum absolute atomic E-state index is 0.0639. The predicted molar refractivity (Wildman–Crippen MR) is 106 cm³/mol. The van der Waals surface area contributed by atoms with Crippen LogP contribution in [0.2, 0.25) is 0 Å². The van der Waals surface area contributed by atoms with Crippen molar-refractivity contribution in [2.75, 3.05) is 18.1 Å². The maximum absolute atomic E-state index is 12.0. The number of hydrogen-bond acceptors (Lipinski definition) is 12. The van der Waals surface area contributed by atoms with Crippen molar-refractivity contribution in [3.05, 3.63) is 6.33 Å². The highest BCUT2D eigenvalue weighted by Gasteiger charge is 2.43. The predicted octanol–water partition coefficient (Wildman–Crippen LogP) is 0.648. The van der Waals surface area contributed by atoms with Crippen molar-refractivity contribution in [3.63, 3.8) is 0 Å². The fraction of sp³-hybridized carbons (Fsp3) is 0.583. The van der Waals surface area contributed by atoms with Gasteiger partial charge in [0.2, 0.25) is 5.95 Å². The van der Waals surface area contributed by atoms with Crippen LogP contribution in [0, 0.1) is 5.92 Å². The summed E-state index contributed by atoms with van der Waals surface area (Å²) in [6.07, 6.45) is 1.05. The number of imidazole rings is 1. The second kappa shape index (κ2) is 9.05. The minimum atomic E-state index is -5.60. The van der Waals surface area contributed by atoms with E-state index >= 15 is 0 Å². The van der Waals surface area contributed by atoms with E-state index in [1.807, 2.05) is 6.92 Å². The van der Waals surface area contributed by atoms with E-state index in [2.05, 4.69) is 23.6 Å². The summed E-state index contributed by atoms with van der Waals surface area (Å²) < 4.78 is 53.6. The number of phosphoric acid groups is 3. The number of nitrogen functional groups attached to an aromatic ring is 2. The number of rotatable bonds is 9. The second-order valence-electron chi connectivity index (χ2n) is 6.71. The molecule has 0 bridgehead atoms. The Morgan fingerprint density at radius 2 is 1.84 bits per heavy atom. The molecule has 2 aromatic heterocycles. The fourth-order valence-electron chi connectivity index (χ4n) is 3.20. The molecule has 1 saturated heterocycles. The summed E-state index contributed by atoms with van der Waals surface area (Å²) in [5.74, 6) is -0.159. The number of phosphoric ester groups is 1. The molecule has 0 spiro atoms. The van der Waals surface area contributed by atoms with Gasteiger partial charge in [0.25, 0.3) is 0 Å². The number of hydrogen-bond donors (Lipinski definition) is 6. The highest BCUT2D eigenvalue weighted by molar-refractivity contribution is 7.66. The van der Waals surface area contributed by atoms with Crippen LogP contribution in [0.4, 0.5) is 11.8 Å². The lowest BCUT2D eigenvalue weighted by molar-refractivity contribution is -0.0288. The fourth-order valence-corrected chi connectivity index (χ4v) is 6.23. The molecule has 2 unspecified atom stereocenters. The summed E-state index contributed by atoms with van der Waals surface area (Å²) in [5, 5.41) is 0. The zero-order chi connectivity index (χ0) is 23.9. The van der Waals surface area contributed by atoms with Crippen LogP contribution >= 0.6 is 23.5 Å². The Balaban J connectivity index is 1.70. The highest BCUT2D eigenvalue weighted by Crippen LogP contribution is 2.66. The van der Waals surface area contributed by atoms with Gasteiger partial charge in [-0.3, -0.25) is 9.09 Å². The van der Waals surface area contributed by atoms with Gasteiger partial charge in [0.05, 0.1) is 19.0 Å². The van der Waals surface area contributed by atoms with E-state index in [9.17, 15) is 23.5 Å². The van der Waals surface area contributed by atoms with Crippen LogP contribution < -0.4 is 11.5 Å². The average molecular weight is 518 g/mol. The SMILES string of the molecule is CC[C@H]1C[C@H](n2cnc3c(N)nc(N)nc32)O[C@@H]1COP(=O)(O)OP(=O)(O)OP(=O)(O)O. The van der Waals surface area contributed by atoms with Gasteiger partial charge in [-0.2, -0.15) is 18.6 Å². The first-order valence-electron chi connectivity index (χ1n) is 8.89. The average Bonchev–Trinajstić information content (AvgIpc) is 3.20. The van der Waals surface area contributed by atoms with Gasteiger partial charge in [-0.1, -0.05) is 13.3 Å². The van der Waals surface area contributed by atoms with Crippen LogP contribution in [-0.2, 0) is 31.6 Å². The normalized spacial score (nSPS) is 25.6. The summed E-state index contributed by atoms with van der Waals surface area (Å²) >= 11 is 0. The molecule has 0 amide bonds. The Bertz CT molecular complexity index is 1140. The molecule has 32 heavy (non-hydrogen) atoms. The lowest BCUT2D eigenvalue weighted by Gasteiger charge is -2.20. The summed E-state index contributed by atoms with van der Waals surface area (Å²) in [5.41, 5.74) is 12.1. The number of anilines is 2. The molecule has 3 rings (SSSR count). The maximum Gasteiger partial charge on any atom is 0.490 e. The Morgan fingerprint density at radius 1 is 1.16 bits per heavy atom. The first-order chi connectivity index (χ1) is 14.7. The Morgan fingerprint density at radius 3 is 2.47 bits per heavy atom. The lowest BCUT2D eigenvalue weighted by atomic mass is 9.98. The van der Waals surface area contributed by atoms with Crippen molar-refractivity contribution in [1.29, 1.82) is 0 Å². The van der Waals surface area contributed by atoms with E-state index < -0.39 is 42.4 Å². The van der Waals surface area contributed by atoms with Gasteiger partial charge in [0.1, 0.15) is 11.7 Å². The van der Waals surface area contributed by atoms with Crippen LogP contribution in [-0.4, -0.2) is 51.8 Å². The van der Waals surface area contributed by atoms with Crippen molar-refractivity contribution < 1.29 is 51.2 Å². The van der Waals surface area contributed by atoms with Crippen LogP contribution in [0.3, 0.4) is 0 Å². The molecule has 5 atom stereocenters. The third-order valence-electron chi connectivity index (χ3n) is 4.48. The molecule has 1 aliphatic heterocycles. The van der Waals surface area contributed by atoms with Gasteiger partial charge in [0, 0.05) is 0 Å². The minimum Gasteiger partial charge on any atom is -0.382 e. The van der Waals surface area contributed by atoms with Crippen molar-refractivity contribution in [2.45, 2.75) is 32.1 Å². The quantitative estimate of drug-likeness (QED) is 0.249. The van der Waals surface area contributed by atoms with Gasteiger partial charge >= 0.3 is 23.5 Å². The van der Waals surface area contributed by atoms with E-state index in [1.165, 1.54) is 6.33 Å². The molecular weight excluding hydrogens is 497 g/mol. The lowest BCUT2D eigenvalue weighted by Crippen LogP contribution is -2.22. The van der Waals surface area contributed by atoms with Gasteiger partial charge in [-0.05, 0) is 12.3 Å². The standard InChI is InChI=1S/C12H21N6O11P3/c1-2-6-3-8(18-5-15-9-10(13)16-12(14)17-11(9)18)27-7(6)4-26-31(22,23)29-32(24,25)28-30(19,20)21/h5-8H,2-4H2,1H3,(H,22,23)(H,24,25)(H2,19,20,21)(H4,13,14,16,17)/t6-,7+,8+/m0/s1. The van der Waals surface area contributed by atoms with E-state index in [-0.39, 0.29) is 17.7 Å². The van der Waals surface area contributed by atoms with Gasteiger partial charge in [-0.15, -0.1) is 0 Å². The molecule has 1 aliphatic rings. The van der Waals surface area contributed by atoms with Crippen molar-refractivity contribution in [2.24, 2.45) is 5.92 Å². The van der Waals surface area contributed by atoms with Gasteiger partial charge in [-0.25, -0.2) is 18.7 Å². The van der Waals surface area contributed by atoms with E-state index in [0.29, 0.717) is 24.0 Å². The Kier molecular flexibility index (Phi) is 7.11. The molecule has 8 N–H and O–H groups in total. The summed E-state index contributed by atoms with van der Waals surface area (Å²) in [6.45, 7) is 1.29. The van der Waals surface area contributed by atoms with Crippen molar-refractivity contribution in [3.8, 4) is 0 Å².